The number of hydrogen-bond acceptors (Lipinski definition) is 5. The molecule has 0 amide bonds. The zero-order chi connectivity index (χ0) is 12.6. The minimum absolute atomic E-state index is 0.00427. The van der Waals surface area contributed by atoms with E-state index in [0.717, 1.165) is 12.8 Å². The highest BCUT2D eigenvalue weighted by Crippen LogP contribution is 1.97. The molecule has 0 heterocycles. The van der Waals surface area contributed by atoms with Gasteiger partial charge in [0.15, 0.2) is 0 Å². The van der Waals surface area contributed by atoms with Gasteiger partial charge in [0.25, 0.3) is 0 Å². The molecule has 0 fully saturated rings. The maximum atomic E-state index is 11.6. The summed E-state index contributed by atoms with van der Waals surface area (Å²) in [4.78, 5) is 0. The summed E-state index contributed by atoms with van der Waals surface area (Å²) in [5.74, 6) is 0.521. The quantitative estimate of drug-likeness (QED) is 0.570. The van der Waals surface area contributed by atoms with E-state index in [4.69, 9.17) is 5.11 Å². The third-order valence-corrected chi connectivity index (χ3v) is 4.68. The standard InChI is InChI=1S/C9H21NO4S2/c1-3-10-9(4-5-11)8-15(12)6-7-16(2,13)14/h9-11H,3-8H2,1-2H3. The van der Waals surface area contributed by atoms with Crippen LogP contribution in [0.1, 0.15) is 13.3 Å². The van der Waals surface area contributed by atoms with Gasteiger partial charge in [0.2, 0.25) is 0 Å². The zero-order valence-electron chi connectivity index (χ0n) is 9.81. The van der Waals surface area contributed by atoms with Gasteiger partial charge in [-0.05, 0) is 13.0 Å². The van der Waals surface area contributed by atoms with Gasteiger partial charge >= 0.3 is 0 Å². The van der Waals surface area contributed by atoms with Crippen molar-refractivity contribution in [2.24, 2.45) is 0 Å². The van der Waals surface area contributed by atoms with E-state index in [2.05, 4.69) is 5.32 Å². The topological polar surface area (TPSA) is 83.5 Å². The van der Waals surface area contributed by atoms with Crippen molar-refractivity contribution in [1.82, 2.24) is 5.32 Å². The van der Waals surface area contributed by atoms with Crippen molar-refractivity contribution in [3.05, 3.63) is 0 Å². The highest BCUT2D eigenvalue weighted by Gasteiger charge is 2.13. The van der Waals surface area contributed by atoms with Crippen LogP contribution in [0.2, 0.25) is 0 Å². The molecule has 2 N–H and O–H groups in total. The molecule has 2 atom stereocenters. The number of rotatable bonds is 9. The molecule has 0 saturated heterocycles. The van der Waals surface area contributed by atoms with Gasteiger partial charge in [-0.2, -0.15) is 0 Å². The van der Waals surface area contributed by atoms with Gasteiger partial charge in [0, 0.05) is 41.2 Å². The molecule has 0 radical (unpaired) electrons. The lowest BCUT2D eigenvalue weighted by Gasteiger charge is -2.15. The van der Waals surface area contributed by atoms with Crippen LogP contribution in [0.4, 0.5) is 0 Å². The smallest absolute Gasteiger partial charge is 0.148 e. The summed E-state index contributed by atoms with van der Waals surface area (Å²) in [7, 11) is -4.19. The van der Waals surface area contributed by atoms with Crippen LogP contribution < -0.4 is 5.32 Å². The lowest BCUT2D eigenvalue weighted by atomic mass is 10.2. The van der Waals surface area contributed by atoms with Gasteiger partial charge in [0.1, 0.15) is 9.84 Å². The first-order valence-corrected chi connectivity index (χ1v) is 8.80. The van der Waals surface area contributed by atoms with Crippen LogP contribution in [0, 0.1) is 0 Å². The van der Waals surface area contributed by atoms with Crippen LogP contribution in [0.25, 0.3) is 0 Å². The molecule has 0 aliphatic heterocycles. The summed E-state index contributed by atoms with van der Waals surface area (Å²) < 4.78 is 33.3. The van der Waals surface area contributed by atoms with Gasteiger partial charge in [-0.15, -0.1) is 0 Å². The highest BCUT2D eigenvalue weighted by molar-refractivity contribution is 7.92. The van der Waals surface area contributed by atoms with E-state index in [1.54, 1.807) is 0 Å². The molecule has 16 heavy (non-hydrogen) atoms. The molecule has 98 valence electrons. The van der Waals surface area contributed by atoms with E-state index in [1.807, 2.05) is 6.92 Å². The maximum absolute atomic E-state index is 11.6. The van der Waals surface area contributed by atoms with E-state index in [1.165, 1.54) is 0 Å². The van der Waals surface area contributed by atoms with Crippen LogP contribution in [-0.4, -0.2) is 60.4 Å². The van der Waals surface area contributed by atoms with Crippen molar-refractivity contribution in [2.45, 2.75) is 19.4 Å². The predicted molar refractivity (Wildman–Crippen MR) is 66.8 cm³/mol. The first-order valence-electron chi connectivity index (χ1n) is 5.26. The highest BCUT2D eigenvalue weighted by atomic mass is 32.2. The summed E-state index contributed by atoms with van der Waals surface area (Å²) in [5.41, 5.74) is 0. The Morgan fingerprint density at radius 1 is 1.44 bits per heavy atom. The molecule has 0 aromatic rings. The molecular weight excluding hydrogens is 250 g/mol. The fourth-order valence-electron chi connectivity index (χ4n) is 1.24. The summed E-state index contributed by atoms with van der Waals surface area (Å²) in [6, 6.07) is -0.00427. The molecule has 2 unspecified atom stereocenters. The molecule has 0 saturated carbocycles. The Kier molecular flexibility index (Phi) is 8.17. The van der Waals surface area contributed by atoms with Crippen LogP contribution in [0.15, 0.2) is 0 Å². The molecule has 0 aromatic heterocycles. The Morgan fingerprint density at radius 2 is 2.06 bits per heavy atom. The Morgan fingerprint density at radius 3 is 2.50 bits per heavy atom. The Hall–Kier alpha value is 0.0200. The Bertz CT molecular complexity index is 297. The molecule has 0 bridgehead atoms. The number of aliphatic hydroxyl groups excluding tert-OH is 1. The van der Waals surface area contributed by atoms with Crippen molar-refractivity contribution < 1.29 is 17.7 Å². The van der Waals surface area contributed by atoms with E-state index in [9.17, 15) is 12.6 Å². The van der Waals surface area contributed by atoms with Crippen molar-refractivity contribution in [1.29, 1.82) is 0 Å². The van der Waals surface area contributed by atoms with Crippen LogP contribution in [0.5, 0.6) is 0 Å². The number of aliphatic hydroxyl groups is 1. The van der Waals surface area contributed by atoms with Gasteiger partial charge in [-0.1, -0.05) is 6.92 Å². The lowest BCUT2D eigenvalue weighted by Crippen LogP contribution is -2.35. The molecule has 5 nitrogen and oxygen atoms in total. The summed E-state index contributed by atoms with van der Waals surface area (Å²) >= 11 is 0. The average Bonchev–Trinajstić information content (AvgIpc) is 2.14. The first-order chi connectivity index (χ1) is 7.39. The normalized spacial score (nSPS) is 15.9. The molecular formula is C9H21NO4S2. The van der Waals surface area contributed by atoms with E-state index in [-0.39, 0.29) is 24.2 Å². The van der Waals surface area contributed by atoms with Crippen molar-refractivity contribution in [3.63, 3.8) is 0 Å². The average molecular weight is 271 g/mol. The minimum atomic E-state index is -3.04. The van der Waals surface area contributed by atoms with E-state index in [0.29, 0.717) is 12.2 Å². The van der Waals surface area contributed by atoms with E-state index >= 15 is 0 Å². The van der Waals surface area contributed by atoms with Gasteiger partial charge in [0.05, 0.1) is 5.75 Å². The predicted octanol–water partition coefficient (Wildman–Crippen LogP) is -0.860. The SMILES string of the molecule is CCNC(CCO)CS(=O)CCS(C)(=O)=O. The van der Waals surface area contributed by atoms with Gasteiger partial charge in [-0.25, -0.2) is 8.42 Å². The number of hydrogen-bond donors (Lipinski definition) is 2. The maximum Gasteiger partial charge on any atom is 0.148 e. The van der Waals surface area contributed by atoms with E-state index < -0.39 is 20.6 Å². The third kappa shape index (κ3) is 9.26. The second-order valence-electron chi connectivity index (χ2n) is 3.71. The van der Waals surface area contributed by atoms with Crippen LogP contribution in [0.3, 0.4) is 0 Å². The first kappa shape index (κ1) is 16.0. The molecule has 0 aliphatic carbocycles. The minimum Gasteiger partial charge on any atom is -0.396 e. The fourth-order valence-corrected chi connectivity index (χ4v) is 4.10. The van der Waals surface area contributed by atoms with Crippen molar-refractivity contribution in [2.75, 3.05) is 36.7 Å². The summed E-state index contributed by atoms with van der Waals surface area (Å²) in [5, 5.41) is 11.9. The number of sulfone groups is 1. The fraction of sp³-hybridized carbons (Fsp3) is 1.00. The Labute approximate surface area is 100 Å². The monoisotopic (exact) mass is 271 g/mol. The second kappa shape index (κ2) is 8.16. The Balaban J connectivity index is 3.99. The molecule has 0 spiro atoms. The summed E-state index contributed by atoms with van der Waals surface area (Å²) in [6.45, 7) is 2.72. The summed E-state index contributed by atoms with van der Waals surface area (Å²) in [6.07, 6.45) is 1.68. The largest absolute Gasteiger partial charge is 0.396 e. The third-order valence-electron chi connectivity index (χ3n) is 2.04. The van der Waals surface area contributed by atoms with Crippen molar-refractivity contribution >= 4 is 20.6 Å². The zero-order valence-corrected chi connectivity index (χ0v) is 11.4. The molecule has 0 rings (SSSR count). The van der Waals surface area contributed by atoms with Crippen LogP contribution >= 0.6 is 0 Å². The molecule has 0 aliphatic rings. The lowest BCUT2D eigenvalue weighted by molar-refractivity contribution is 0.271. The van der Waals surface area contributed by atoms with Crippen LogP contribution in [-0.2, 0) is 20.6 Å². The van der Waals surface area contributed by atoms with Crippen molar-refractivity contribution in [3.8, 4) is 0 Å². The second-order valence-corrected chi connectivity index (χ2v) is 7.59. The van der Waals surface area contributed by atoms with Gasteiger partial charge < -0.3 is 10.4 Å². The van der Waals surface area contributed by atoms with Gasteiger partial charge in [-0.3, -0.25) is 4.21 Å². The number of nitrogens with one attached hydrogen (secondary N) is 1. The molecule has 0 aromatic carbocycles. The molecule has 7 heteroatoms.